The van der Waals surface area contributed by atoms with E-state index in [0.29, 0.717) is 18.8 Å². The van der Waals surface area contributed by atoms with E-state index in [4.69, 9.17) is 11.0 Å². The fraction of sp³-hybridized carbons (Fsp3) is 0.125. The molecule has 2 N–H and O–H groups in total. The minimum absolute atomic E-state index is 0.446. The van der Waals surface area contributed by atoms with Gasteiger partial charge in [0.2, 0.25) is 0 Å². The minimum atomic E-state index is 0.446. The Morgan fingerprint density at radius 1 is 1.25 bits per heavy atom. The molecule has 1 aromatic carbocycles. The number of hydrogen-bond acceptors (Lipinski definition) is 3. The van der Waals surface area contributed by atoms with Crippen molar-refractivity contribution in [3.8, 4) is 6.07 Å². The minimum Gasteiger partial charge on any atom is -0.343 e. The number of pyridine rings is 1. The molecule has 98 valence electrons. The summed E-state index contributed by atoms with van der Waals surface area (Å²) in [6, 6.07) is 14.1. The number of hydrogen-bond donors (Lipinski definition) is 1. The summed E-state index contributed by atoms with van der Waals surface area (Å²) in [5.74, 6) is 0. The molecule has 0 bridgehead atoms. The second-order valence-corrected chi connectivity index (χ2v) is 4.66. The van der Waals surface area contributed by atoms with Crippen molar-refractivity contribution in [3.05, 3.63) is 65.6 Å². The Balaban J connectivity index is 2.01. The van der Waals surface area contributed by atoms with Crippen LogP contribution in [0, 0.1) is 11.3 Å². The maximum Gasteiger partial charge on any atom is 0.140 e. The molecule has 0 atom stereocenters. The number of nitrogens with two attached hydrogens (primary N) is 1. The molecule has 0 aliphatic rings. The SMILES string of the molecule is N#Cc1cc(Cn2ccc3c(CN)cccc32)ccn1. The molecule has 3 aromatic rings. The monoisotopic (exact) mass is 262 g/mol. The molecule has 0 saturated carbocycles. The van der Waals surface area contributed by atoms with Gasteiger partial charge in [-0.1, -0.05) is 12.1 Å². The predicted octanol–water partition coefficient (Wildman–Crippen LogP) is 2.41. The maximum absolute atomic E-state index is 8.90. The van der Waals surface area contributed by atoms with E-state index in [-0.39, 0.29) is 0 Å². The highest BCUT2D eigenvalue weighted by molar-refractivity contribution is 5.83. The number of rotatable bonds is 3. The van der Waals surface area contributed by atoms with Crippen molar-refractivity contribution < 1.29 is 0 Å². The maximum atomic E-state index is 8.90. The van der Waals surface area contributed by atoms with E-state index in [0.717, 1.165) is 16.6 Å². The molecule has 0 unspecified atom stereocenters. The van der Waals surface area contributed by atoms with Crippen LogP contribution in [0.3, 0.4) is 0 Å². The molecular weight excluding hydrogens is 248 g/mol. The normalized spacial score (nSPS) is 10.6. The molecule has 4 heteroatoms. The molecule has 0 radical (unpaired) electrons. The summed E-state index contributed by atoms with van der Waals surface area (Å²) in [5.41, 5.74) is 9.57. The quantitative estimate of drug-likeness (QED) is 0.788. The highest BCUT2D eigenvalue weighted by atomic mass is 15.0. The van der Waals surface area contributed by atoms with Gasteiger partial charge in [-0.3, -0.25) is 0 Å². The lowest BCUT2D eigenvalue weighted by Gasteiger charge is -2.07. The second-order valence-electron chi connectivity index (χ2n) is 4.66. The Bertz CT molecular complexity index is 796. The van der Waals surface area contributed by atoms with Gasteiger partial charge in [-0.25, -0.2) is 4.98 Å². The Labute approximate surface area is 117 Å². The van der Waals surface area contributed by atoms with E-state index >= 15 is 0 Å². The van der Waals surface area contributed by atoms with Crippen LogP contribution in [0.25, 0.3) is 10.9 Å². The first-order valence-corrected chi connectivity index (χ1v) is 6.43. The number of fused-ring (bicyclic) bond motifs is 1. The van der Waals surface area contributed by atoms with Gasteiger partial charge in [0.15, 0.2) is 0 Å². The summed E-state index contributed by atoms with van der Waals surface area (Å²) in [7, 11) is 0. The zero-order valence-electron chi connectivity index (χ0n) is 11.0. The summed E-state index contributed by atoms with van der Waals surface area (Å²) in [5, 5.41) is 10.1. The number of aromatic nitrogens is 2. The number of benzene rings is 1. The summed E-state index contributed by atoms with van der Waals surface area (Å²) in [6.45, 7) is 1.25. The van der Waals surface area contributed by atoms with Crippen LogP contribution in [0.5, 0.6) is 0 Å². The molecule has 4 nitrogen and oxygen atoms in total. The molecular formula is C16H14N4. The molecule has 0 aliphatic heterocycles. The van der Waals surface area contributed by atoms with Gasteiger partial charge in [-0.15, -0.1) is 0 Å². The average Bonchev–Trinajstić information content (AvgIpc) is 2.90. The van der Waals surface area contributed by atoms with E-state index in [1.165, 1.54) is 5.39 Å². The van der Waals surface area contributed by atoms with Crippen LogP contribution in [0.1, 0.15) is 16.8 Å². The molecule has 0 spiro atoms. The van der Waals surface area contributed by atoms with Crippen molar-refractivity contribution in [3.63, 3.8) is 0 Å². The van der Waals surface area contributed by atoms with Crippen LogP contribution in [0.2, 0.25) is 0 Å². The van der Waals surface area contributed by atoms with Crippen molar-refractivity contribution in [1.82, 2.24) is 9.55 Å². The van der Waals surface area contributed by atoms with Gasteiger partial charge in [0, 0.05) is 36.4 Å². The van der Waals surface area contributed by atoms with Crippen molar-refractivity contribution in [2.24, 2.45) is 5.73 Å². The van der Waals surface area contributed by atoms with Crippen LogP contribution in [-0.4, -0.2) is 9.55 Å². The van der Waals surface area contributed by atoms with Crippen LogP contribution in [-0.2, 0) is 13.1 Å². The lowest BCUT2D eigenvalue weighted by Crippen LogP contribution is -2.00. The summed E-state index contributed by atoms with van der Waals surface area (Å²) < 4.78 is 2.16. The van der Waals surface area contributed by atoms with Crippen LogP contribution in [0.15, 0.2) is 48.8 Å². The Kier molecular flexibility index (Phi) is 3.20. The van der Waals surface area contributed by atoms with Gasteiger partial charge in [0.25, 0.3) is 0 Å². The first-order chi connectivity index (χ1) is 9.81. The molecule has 3 rings (SSSR count). The molecule has 2 aromatic heterocycles. The first kappa shape index (κ1) is 12.4. The van der Waals surface area contributed by atoms with E-state index in [2.05, 4.69) is 33.9 Å². The van der Waals surface area contributed by atoms with Crippen LogP contribution < -0.4 is 5.73 Å². The zero-order chi connectivity index (χ0) is 13.9. The van der Waals surface area contributed by atoms with E-state index in [1.807, 2.05) is 24.3 Å². The van der Waals surface area contributed by atoms with Gasteiger partial charge in [0.1, 0.15) is 11.8 Å². The summed E-state index contributed by atoms with van der Waals surface area (Å²) in [4.78, 5) is 3.99. The topological polar surface area (TPSA) is 67.6 Å². The zero-order valence-corrected chi connectivity index (χ0v) is 11.0. The van der Waals surface area contributed by atoms with Crippen LogP contribution >= 0.6 is 0 Å². The molecule has 0 aliphatic carbocycles. The largest absolute Gasteiger partial charge is 0.343 e. The number of nitriles is 1. The lowest BCUT2D eigenvalue weighted by molar-refractivity contribution is 0.833. The molecule has 0 fully saturated rings. The average molecular weight is 262 g/mol. The number of nitrogens with zero attached hydrogens (tertiary/aromatic N) is 3. The van der Waals surface area contributed by atoms with Crippen molar-refractivity contribution in [1.29, 1.82) is 5.26 Å². The fourth-order valence-electron chi connectivity index (χ4n) is 2.43. The fourth-order valence-corrected chi connectivity index (χ4v) is 2.43. The summed E-state index contributed by atoms with van der Waals surface area (Å²) >= 11 is 0. The Hall–Kier alpha value is -2.64. The molecule has 20 heavy (non-hydrogen) atoms. The van der Waals surface area contributed by atoms with Gasteiger partial charge < -0.3 is 10.3 Å². The highest BCUT2D eigenvalue weighted by Crippen LogP contribution is 2.21. The van der Waals surface area contributed by atoms with E-state index in [1.54, 1.807) is 6.20 Å². The lowest BCUT2D eigenvalue weighted by atomic mass is 10.1. The third kappa shape index (κ3) is 2.15. The highest BCUT2D eigenvalue weighted by Gasteiger charge is 2.05. The van der Waals surface area contributed by atoms with Gasteiger partial charge >= 0.3 is 0 Å². The van der Waals surface area contributed by atoms with E-state index in [9.17, 15) is 0 Å². The third-order valence-electron chi connectivity index (χ3n) is 3.42. The van der Waals surface area contributed by atoms with Gasteiger partial charge in [0.05, 0.1) is 0 Å². The van der Waals surface area contributed by atoms with E-state index < -0.39 is 0 Å². The molecule has 0 saturated heterocycles. The van der Waals surface area contributed by atoms with Crippen molar-refractivity contribution in [2.75, 3.05) is 0 Å². The predicted molar refractivity (Wildman–Crippen MR) is 77.9 cm³/mol. The molecule has 2 heterocycles. The first-order valence-electron chi connectivity index (χ1n) is 6.43. The standard InChI is InChI=1S/C16H14N4/c17-9-13-2-1-3-16-15(13)5-7-20(16)11-12-4-6-19-14(8-12)10-18/h1-8H,9,11,17H2. The second kappa shape index (κ2) is 5.16. The van der Waals surface area contributed by atoms with Gasteiger partial charge in [-0.05, 0) is 35.4 Å². The van der Waals surface area contributed by atoms with Gasteiger partial charge in [-0.2, -0.15) is 5.26 Å². The van der Waals surface area contributed by atoms with Crippen molar-refractivity contribution in [2.45, 2.75) is 13.1 Å². The van der Waals surface area contributed by atoms with Crippen molar-refractivity contribution >= 4 is 10.9 Å². The third-order valence-corrected chi connectivity index (χ3v) is 3.42. The Morgan fingerprint density at radius 2 is 2.15 bits per heavy atom. The molecule has 0 amide bonds. The summed E-state index contributed by atoms with van der Waals surface area (Å²) in [6.07, 6.45) is 3.72. The smallest absolute Gasteiger partial charge is 0.140 e. The van der Waals surface area contributed by atoms with Crippen LogP contribution in [0.4, 0.5) is 0 Å². The Morgan fingerprint density at radius 3 is 2.95 bits per heavy atom.